The van der Waals surface area contributed by atoms with E-state index >= 15 is 0 Å². The summed E-state index contributed by atoms with van der Waals surface area (Å²) < 4.78 is 0. The van der Waals surface area contributed by atoms with Crippen LogP contribution in [0, 0.1) is 18.3 Å². The minimum Gasteiger partial charge on any atom is -0.338 e. The second-order valence-electron chi connectivity index (χ2n) is 4.07. The fourth-order valence-corrected chi connectivity index (χ4v) is 1.65. The molecule has 0 radical (unpaired) electrons. The van der Waals surface area contributed by atoms with Crippen LogP contribution in [0.5, 0.6) is 0 Å². The number of hydrogen-bond acceptors (Lipinski definition) is 2. The number of aryl methyl sites for hydroxylation is 1. The van der Waals surface area contributed by atoms with Gasteiger partial charge in [-0.15, -0.1) is 0 Å². The highest BCUT2D eigenvalue weighted by atomic mass is 16.2. The Bertz CT molecular complexity index is 403. The highest BCUT2D eigenvalue weighted by Crippen LogP contribution is 2.08. The smallest absolute Gasteiger partial charge is 0.253 e. The maximum atomic E-state index is 12.2. The minimum atomic E-state index is 0.0158. The summed E-state index contributed by atoms with van der Waals surface area (Å²) in [5, 5.41) is 8.58. The van der Waals surface area contributed by atoms with Gasteiger partial charge in [0.1, 0.15) is 0 Å². The quantitative estimate of drug-likeness (QED) is 0.780. The van der Waals surface area contributed by atoms with Crippen LogP contribution < -0.4 is 0 Å². The molecule has 3 nitrogen and oxygen atoms in total. The van der Waals surface area contributed by atoms with Crippen molar-refractivity contribution in [3.63, 3.8) is 0 Å². The Morgan fingerprint density at radius 2 is 1.94 bits per heavy atom. The van der Waals surface area contributed by atoms with Crippen LogP contribution in [0.1, 0.15) is 35.7 Å². The summed E-state index contributed by atoms with van der Waals surface area (Å²) >= 11 is 0. The molecule has 0 aliphatic heterocycles. The predicted molar refractivity (Wildman–Crippen MR) is 67.6 cm³/mol. The Labute approximate surface area is 103 Å². The lowest BCUT2D eigenvalue weighted by Crippen LogP contribution is -2.32. The fourth-order valence-electron chi connectivity index (χ4n) is 1.65. The Morgan fingerprint density at radius 3 is 2.47 bits per heavy atom. The Morgan fingerprint density at radius 1 is 1.29 bits per heavy atom. The van der Waals surface area contributed by atoms with Gasteiger partial charge in [0.25, 0.3) is 5.91 Å². The largest absolute Gasteiger partial charge is 0.338 e. The van der Waals surface area contributed by atoms with Gasteiger partial charge in [0, 0.05) is 18.7 Å². The van der Waals surface area contributed by atoms with Gasteiger partial charge in [0.05, 0.1) is 12.5 Å². The van der Waals surface area contributed by atoms with Crippen molar-refractivity contribution in [1.82, 2.24) is 4.90 Å². The topological polar surface area (TPSA) is 44.1 Å². The molecule has 1 rings (SSSR count). The van der Waals surface area contributed by atoms with Crippen molar-refractivity contribution in [3.05, 3.63) is 35.4 Å². The van der Waals surface area contributed by atoms with Gasteiger partial charge in [-0.3, -0.25) is 4.79 Å². The average Bonchev–Trinajstić information content (AvgIpc) is 2.34. The monoisotopic (exact) mass is 230 g/mol. The highest BCUT2D eigenvalue weighted by molar-refractivity contribution is 5.94. The van der Waals surface area contributed by atoms with E-state index in [-0.39, 0.29) is 5.91 Å². The zero-order valence-corrected chi connectivity index (χ0v) is 10.4. The number of amides is 1. The lowest BCUT2D eigenvalue weighted by atomic mass is 10.1. The van der Waals surface area contributed by atoms with Crippen molar-refractivity contribution in [2.24, 2.45) is 0 Å². The summed E-state index contributed by atoms with van der Waals surface area (Å²) in [6, 6.07) is 9.62. The van der Waals surface area contributed by atoms with E-state index in [2.05, 4.69) is 6.07 Å². The molecule has 0 saturated carbocycles. The second-order valence-corrected chi connectivity index (χ2v) is 4.07. The van der Waals surface area contributed by atoms with Crippen molar-refractivity contribution >= 4 is 5.91 Å². The number of carbonyl (C=O) groups excluding carboxylic acids is 1. The number of hydrogen-bond donors (Lipinski definition) is 0. The summed E-state index contributed by atoms with van der Waals surface area (Å²) in [5.74, 6) is 0.0158. The first kappa shape index (κ1) is 13.2. The van der Waals surface area contributed by atoms with Crippen LogP contribution in [-0.4, -0.2) is 23.9 Å². The molecule has 0 unspecified atom stereocenters. The van der Waals surface area contributed by atoms with Crippen molar-refractivity contribution in [3.8, 4) is 6.07 Å². The van der Waals surface area contributed by atoms with Crippen LogP contribution in [0.15, 0.2) is 24.3 Å². The van der Waals surface area contributed by atoms with E-state index in [1.54, 1.807) is 4.90 Å². The minimum absolute atomic E-state index is 0.0158. The van der Waals surface area contributed by atoms with Crippen LogP contribution in [0.3, 0.4) is 0 Å². The molecule has 0 aromatic heterocycles. The van der Waals surface area contributed by atoms with Gasteiger partial charge in [-0.1, -0.05) is 24.6 Å². The van der Waals surface area contributed by atoms with Crippen molar-refractivity contribution in [2.45, 2.75) is 26.7 Å². The lowest BCUT2D eigenvalue weighted by Gasteiger charge is -2.20. The molecule has 17 heavy (non-hydrogen) atoms. The summed E-state index contributed by atoms with van der Waals surface area (Å²) in [6.07, 6.45) is 1.29. The molecule has 0 saturated heterocycles. The molecule has 90 valence electrons. The van der Waals surface area contributed by atoms with Gasteiger partial charge in [-0.2, -0.15) is 5.26 Å². The van der Waals surface area contributed by atoms with Crippen molar-refractivity contribution in [2.75, 3.05) is 13.1 Å². The SMILES string of the molecule is CCCN(CCC#N)C(=O)c1ccc(C)cc1. The molecular formula is C14H18N2O. The number of nitrogens with zero attached hydrogens (tertiary/aromatic N) is 2. The van der Waals surface area contributed by atoms with Crippen molar-refractivity contribution in [1.29, 1.82) is 5.26 Å². The third-order valence-electron chi connectivity index (χ3n) is 2.57. The molecule has 0 atom stereocenters. The first-order valence-electron chi connectivity index (χ1n) is 5.92. The second kappa shape index (κ2) is 6.70. The van der Waals surface area contributed by atoms with E-state index in [1.807, 2.05) is 38.1 Å². The summed E-state index contributed by atoms with van der Waals surface area (Å²) in [4.78, 5) is 13.9. The standard InChI is InChI=1S/C14H18N2O/c1-3-10-16(11-4-9-15)14(17)13-7-5-12(2)6-8-13/h5-8H,3-4,10-11H2,1-2H3. The molecule has 1 amide bonds. The lowest BCUT2D eigenvalue weighted by molar-refractivity contribution is 0.0759. The zero-order valence-electron chi connectivity index (χ0n) is 10.4. The average molecular weight is 230 g/mol. The first-order chi connectivity index (χ1) is 8.19. The van der Waals surface area contributed by atoms with Crippen LogP contribution in [-0.2, 0) is 0 Å². The molecular weight excluding hydrogens is 212 g/mol. The van der Waals surface area contributed by atoms with E-state index in [0.29, 0.717) is 25.1 Å². The van der Waals surface area contributed by atoms with E-state index in [1.165, 1.54) is 0 Å². The van der Waals surface area contributed by atoms with Gasteiger partial charge < -0.3 is 4.90 Å². The van der Waals surface area contributed by atoms with Crippen LogP contribution in [0.2, 0.25) is 0 Å². The Balaban J connectivity index is 2.76. The van der Waals surface area contributed by atoms with Gasteiger partial charge in [-0.05, 0) is 25.5 Å². The molecule has 1 aromatic rings. The van der Waals surface area contributed by atoms with Gasteiger partial charge in [-0.25, -0.2) is 0 Å². The van der Waals surface area contributed by atoms with Crippen LogP contribution in [0.4, 0.5) is 0 Å². The van der Waals surface area contributed by atoms with E-state index in [4.69, 9.17) is 5.26 Å². The van der Waals surface area contributed by atoms with Crippen molar-refractivity contribution < 1.29 is 4.79 Å². The molecule has 0 fully saturated rings. The molecule has 0 bridgehead atoms. The van der Waals surface area contributed by atoms with Gasteiger partial charge in [0.15, 0.2) is 0 Å². The van der Waals surface area contributed by atoms with E-state index in [0.717, 1.165) is 12.0 Å². The molecule has 0 aliphatic carbocycles. The number of nitriles is 1. The predicted octanol–water partition coefficient (Wildman–Crippen LogP) is 2.76. The summed E-state index contributed by atoms with van der Waals surface area (Å²) in [7, 11) is 0. The summed E-state index contributed by atoms with van der Waals surface area (Å²) in [6.45, 7) is 5.24. The zero-order chi connectivity index (χ0) is 12.7. The maximum Gasteiger partial charge on any atom is 0.253 e. The Kier molecular flexibility index (Phi) is 5.22. The van der Waals surface area contributed by atoms with E-state index in [9.17, 15) is 4.79 Å². The van der Waals surface area contributed by atoms with Crippen LogP contribution in [0.25, 0.3) is 0 Å². The molecule has 0 N–H and O–H groups in total. The number of rotatable bonds is 5. The number of benzene rings is 1. The highest BCUT2D eigenvalue weighted by Gasteiger charge is 2.13. The molecule has 0 heterocycles. The summed E-state index contributed by atoms with van der Waals surface area (Å²) in [5.41, 5.74) is 1.84. The molecule has 1 aromatic carbocycles. The maximum absolute atomic E-state index is 12.2. The third kappa shape index (κ3) is 3.92. The molecule has 0 spiro atoms. The Hall–Kier alpha value is -1.82. The fraction of sp³-hybridized carbons (Fsp3) is 0.429. The first-order valence-corrected chi connectivity index (χ1v) is 5.92. The molecule has 3 heteroatoms. The normalized spacial score (nSPS) is 9.71. The number of carbonyl (C=O) groups is 1. The van der Waals surface area contributed by atoms with E-state index < -0.39 is 0 Å². The van der Waals surface area contributed by atoms with Gasteiger partial charge >= 0.3 is 0 Å². The van der Waals surface area contributed by atoms with Gasteiger partial charge in [0.2, 0.25) is 0 Å². The third-order valence-corrected chi connectivity index (χ3v) is 2.57. The van der Waals surface area contributed by atoms with Crippen LogP contribution >= 0.6 is 0 Å². The molecule has 0 aliphatic rings.